The Labute approximate surface area is 111 Å². The molecule has 2 N–H and O–H groups in total. The van der Waals surface area contributed by atoms with E-state index in [1.165, 1.54) is 0 Å². The summed E-state index contributed by atoms with van der Waals surface area (Å²) in [7, 11) is 1.65. The summed E-state index contributed by atoms with van der Waals surface area (Å²) in [5, 5.41) is 5.01. The number of benzene rings is 1. The van der Waals surface area contributed by atoms with Gasteiger partial charge in [0.25, 0.3) is 0 Å². The molecular weight excluding hydrogens is 250 g/mol. The Morgan fingerprint density at radius 1 is 1.39 bits per heavy atom. The molecule has 0 atom stereocenters. The topological polar surface area (TPSA) is 53.1 Å². The zero-order chi connectivity index (χ0) is 13.1. The van der Waals surface area contributed by atoms with Crippen LogP contribution >= 0.6 is 11.6 Å². The normalized spacial score (nSPS) is 10.7. The summed E-state index contributed by atoms with van der Waals surface area (Å²) >= 11 is 6.01. The third-order valence-electron chi connectivity index (χ3n) is 2.99. The van der Waals surface area contributed by atoms with E-state index in [9.17, 15) is 0 Å². The quantitative estimate of drug-likeness (QED) is 0.923. The standard InChI is InChI=1S/C13H16ClN3O/c1-9-11(6-15)7-16-17(9)8-10-5-12(14)3-4-13(10)18-2/h3-5,7H,6,8,15H2,1-2H3. The summed E-state index contributed by atoms with van der Waals surface area (Å²) in [4.78, 5) is 0. The number of hydrogen-bond acceptors (Lipinski definition) is 3. The number of nitrogens with zero attached hydrogens (tertiary/aromatic N) is 2. The molecule has 0 unspecified atom stereocenters. The van der Waals surface area contributed by atoms with Crippen LogP contribution in [-0.4, -0.2) is 16.9 Å². The molecular formula is C13H16ClN3O. The minimum absolute atomic E-state index is 0.499. The molecule has 0 saturated carbocycles. The van der Waals surface area contributed by atoms with Gasteiger partial charge in [-0.3, -0.25) is 4.68 Å². The molecule has 0 radical (unpaired) electrons. The molecule has 0 saturated heterocycles. The van der Waals surface area contributed by atoms with Crippen molar-refractivity contribution in [3.05, 3.63) is 46.2 Å². The highest BCUT2D eigenvalue weighted by Gasteiger charge is 2.09. The van der Waals surface area contributed by atoms with Crippen LogP contribution in [0.25, 0.3) is 0 Å². The lowest BCUT2D eigenvalue weighted by Gasteiger charge is -2.10. The van der Waals surface area contributed by atoms with Crippen molar-refractivity contribution in [3.8, 4) is 5.75 Å². The molecule has 1 heterocycles. The molecule has 0 amide bonds. The highest BCUT2D eigenvalue weighted by atomic mass is 35.5. The van der Waals surface area contributed by atoms with Gasteiger partial charge in [-0.05, 0) is 25.1 Å². The maximum absolute atomic E-state index is 6.01. The lowest BCUT2D eigenvalue weighted by molar-refractivity contribution is 0.407. The SMILES string of the molecule is COc1ccc(Cl)cc1Cn1ncc(CN)c1C. The average Bonchev–Trinajstić information content (AvgIpc) is 2.71. The van der Waals surface area contributed by atoms with E-state index in [1.807, 2.05) is 29.8 Å². The number of hydrogen-bond donors (Lipinski definition) is 1. The van der Waals surface area contributed by atoms with Gasteiger partial charge in [-0.15, -0.1) is 0 Å². The molecule has 0 aliphatic heterocycles. The smallest absolute Gasteiger partial charge is 0.124 e. The summed E-state index contributed by atoms with van der Waals surface area (Å²) in [5.41, 5.74) is 8.76. The third kappa shape index (κ3) is 2.49. The van der Waals surface area contributed by atoms with E-state index >= 15 is 0 Å². The fourth-order valence-electron chi connectivity index (χ4n) is 1.88. The maximum atomic E-state index is 6.01. The zero-order valence-electron chi connectivity index (χ0n) is 10.5. The number of nitrogens with two attached hydrogens (primary N) is 1. The van der Waals surface area contributed by atoms with Crippen molar-refractivity contribution in [2.24, 2.45) is 5.73 Å². The molecule has 2 aromatic rings. The van der Waals surface area contributed by atoms with E-state index in [4.69, 9.17) is 22.1 Å². The monoisotopic (exact) mass is 265 g/mol. The van der Waals surface area contributed by atoms with Gasteiger partial charge >= 0.3 is 0 Å². The summed E-state index contributed by atoms with van der Waals surface area (Å²) in [6, 6.07) is 5.56. The second-order valence-electron chi connectivity index (χ2n) is 4.07. The van der Waals surface area contributed by atoms with Gasteiger partial charge in [0.1, 0.15) is 5.75 Å². The predicted molar refractivity (Wildman–Crippen MR) is 72.0 cm³/mol. The highest BCUT2D eigenvalue weighted by molar-refractivity contribution is 6.30. The summed E-state index contributed by atoms with van der Waals surface area (Å²) in [6.45, 7) is 3.13. The fourth-order valence-corrected chi connectivity index (χ4v) is 2.07. The van der Waals surface area contributed by atoms with Crippen LogP contribution in [0.3, 0.4) is 0 Å². The first-order valence-electron chi connectivity index (χ1n) is 5.69. The molecule has 0 spiro atoms. The van der Waals surface area contributed by atoms with Crippen LogP contribution in [0.15, 0.2) is 24.4 Å². The largest absolute Gasteiger partial charge is 0.496 e. The van der Waals surface area contributed by atoms with Gasteiger partial charge in [-0.2, -0.15) is 5.10 Å². The Morgan fingerprint density at radius 2 is 2.17 bits per heavy atom. The fraction of sp³-hybridized carbons (Fsp3) is 0.308. The van der Waals surface area contributed by atoms with Crippen molar-refractivity contribution < 1.29 is 4.74 Å². The number of ether oxygens (including phenoxy) is 1. The Bertz CT molecular complexity index is 551. The number of rotatable bonds is 4. The van der Waals surface area contributed by atoms with E-state index in [0.29, 0.717) is 18.1 Å². The molecule has 0 aliphatic carbocycles. The van der Waals surface area contributed by atoms with Gasteiger partial charge in [0.2, 0.25) is 0 Å². The van der Waals surface area contributed by atoms with Crippen molar-refractivity contribution in [1.82, 2.24) is 9.78 Å². The van der Waals surface area contributed by atoms with Crippen LogP contribution in [0.1, 0.15) is 16.8 Å². The molecule has 0 fully saturated rings. The van der Waals surface area contributed by atoms with Gasteiger partial charge in [0.05, 0.1) is 19.9 Å². The first kappa shape index (κ1) is 12.9. The molecule has 0 bridgehead atoms. The molecule has 1 aromatic carbocycles. The van der Waals surface area contributed by atoms with Gasteiger partial charge < -0.3 is 10.5 Å². The summed E-state index contributed by atoms with van der Waals surface area (Å²) in [6.07, 6.45) is 1.80. The van der Waals surface area contributed by atoms with Crippen molar-refractivity contribution >= 4 is 11.6 Å². The third-order valence-corrected chi connectivity index (χ3v) is 3.22. The van der Waals surface area contributed by atoms with Crippen LogP contribution in [0.5, 0.6) is 5.75 Å². The summed E-state index contributed by atoms with van der Waals surface area (Å²) < 4.78 is 7.22. The Hall–Kier alpha value is -1.52. The minimum Gasteiger partial charge on any atom is -0.496 e. The van der Waals surface area contributed by atoms with Crippen molar-refractivity contribution in [1.29, 1.82) is 0 Å². The molecule has 0 aliphatic rings. The van der Waals surface area contributed by atoms with Crippen LogP contribution in [-0.2, 0) is 13.1 Å². The molecule has 5 heteroatoms. The van der Waals surface area contributed by atoms with Gasteiger partial charge in [-0.1, -0.05) is 11.6 Å². The van der Waals surface area contributed by atoms with E-state index in [2.05, 4.69) is 5.10 Å². The van der Waals surface area contributed by atoms with Crippen molar-refractivity contribution in [3.63, 3.8) is 0 Å². The Kier molecular flexibility index (Phi) is 3.89. The average molecular weight is 266 g/mol. The van der Waals surface area contributed by atoms with Crippen LogP contribution < -0.4 is 10.5 Å². The van der Waals surface area contributed by atoms with E-state index in [0.717, 1.165) is 22.6 Å². The zero-order valence-corrected chi connectivity index (χ0v) is 11.2. The lowest BCUT2D eigenvalue weighted by atomic mass is 10.2. The first-order chi connectivity index (χ1) is 8.65. The van der Waals surface area contributed by atoms with E-state index < -0.39 is 0 Å². The number of halogens is 1. The number of aromatic nitrogens is 2. The lowest BCUT2D eigenvalue weighted by Crippen LogP contribution is -2.06. The summed E-state index contributed by atoms with van der Waals surface area (Å²) in [5.74, 6) is 0.809. The second kappa shape index (κ2) is 5.42. The Morgan fingerprint density at radius 3 is 2.78 bits per heavy atom. The predicted octanol–water partition coefficient (Wildman–Crippen LogP) is 2.36. The minimum atomic E-state index is 0.499. The van der Waals surface area contributed by atoms with Crippen molar-refractivity contribution in [2.45, 2.75) is 20.0 Å². The maximum Gasteiger partial charge on any atom is 0.124 e. The van der Waals surface area contributed by atoms with Gasteiger partial charge in [-0.25, -0.2) is 0 Å². The van der Waals surface area contributed by atoms with Gasteiger partial charge in [0.15, 0.2) is 0 Å². The Balaban J connectivity index is 2.33. The molecule has 2 rings (SSSR count). The first-order valence-corrected chi connectivity index (χ1v) is 6.07. The molecule has 4 nitrogen and oxygen atoms in total. The van der Waals surface area contributed by atoms with Crippen LogP contribution in [0, 0.1) is 6.92 Å². The van der Waals surface area contributed by atoms with E-state index in [-0.39, 0.29) is 0 Å². The molecule has 18 heavy (non-hydrogen) atoms. The number of methoxy groups -OCH3 is 1. The molecule has 96 valence electrons. The highest BCUT2D eigenvalue weighted by Crippen LogP contribution is 2.24. The molecule has 1 aromatic heterocycles. The van der Waals surface area contributed by atoms with E-state index in [1.54, 1.807) is 13.3 Å². The second-order valence-corrected chi connectivity index (χ2v) is 4.51. The van der Waals surface area contributed by atoms with Crippen molar-refractivity contribution in [2.75, 3.05) is 7.11 Å². The van der Waals surface area contributed by atoms with Gasteiger partial charge in [0, 0.05) is 28.4 Å². The van der Waals surface area contributed by atoms with Crippen LogP contribution in [0.2, 0.25) is 5.02 Å². The van der Waals surface area contributed by atoms with Crippen LogP contribution in [0.4, 0.5) is 0 Å².